The van der Waals surface area contributed by atoms with Crippen LogP contribution in [0.1, 0.15) is 12.5 Å². The summed E-state index contributed by atoms with van der Waals surface area (Å²) in [6.45, 7) is 1.40. The van der Waals surface area contributed by atoms with Gasteiger partial charge < -0.3 is 16.0 Å². The van der Waals surface area contributed by atoms with Crippen molar-refractivity contribution in [1.82, 2.24) is 15.3 Å². The molecule has 1 amide bonds. The van der Waals surface area contributed by atoms with Crippen LogP contribution in [0.5, 0.6) is 0 Å². The molecule has 0 saturated heterocycles. The van der Waals surface area contributed by atoms with Crippen LogP contribution in [0.15, 0.2) is 65.7 Å². The Labute approximate surface area is 193 Å². The van der Waals surface area contributed by atoms with Gasteiger partial charge in [0.1, 0.15) is 11.4 Å². The molecule has 0 atom stereocenters. The average Bonchev–Trinajstić information content (AvgIpc) is 2.76. The van der Waals surface area contributed by atoms with Crippen molar-refractivity contribution >= 4 is 39.1 Å². The van der Waals surface area contributed by atoms with E-state index in [-0.39, 0.29) is 35.5 Å². The molecular formula is C21H21F3N6O3S. The number of halogens is 3. The number of nitrogens with zero attached hydrogens (tertiary/aromatic N) is 2. The van der Waals surface area contributed by atoms with Gasteiger partial charge in [-0.05, 0) is 30.3 Å². The zero-order valence-corrected chi connectivity index (χ0v) is 18.7. The minimum absolute atomic E-state index is 0.00979. The van der Waals surface area contributed by atoms with Crippen LogP contribution >= 0.6 is 0 Å². The molecule has 34 heavy (non-hydrogen) atoms. The first-order chi connectivity index (χ1) is 16.0. The lowest BCUT2D eigenvalue weighted by atomic mass is 10.3. The third-order valence-electron chi connectivity index (χ3n) is 4.31. The van der Waals surface area contributed by atoms with E-state index in [0.717, 1.165) is 0 Å². The highest BCUT2D eigenvalue weighted by Crippen LogP contribution is 2.34. The number of hydrogen-bond acceptors (Lipinski definition) is 7. The van der Waals surface area contributed by atoms with Crippen molar-refractivity contribution in [3.63, 3.8) is 0 Å². The summed E-state index contributed by atoms with van der Waals surface area (Å²) < 4.78 is 67.4. The molecule has 13 heteroatoms. The van der Waals surface area contributed by atoms with Gasteiger partial charge in [0.15, 0.2) is 0 Å². The summed E-state index contributed by atoms with van der Waals surface area (Å²) in [6, 6.07) is 13.9. The Morgan fingerprint density at radius 2 is 1.71 bits per heavy atom. The highest BCUT2D eigenvalue weighted by molar-refractivity contribution is 7.92. The van der Waals surface area contributed by atoms with E-state index < -0.39 is 27.6 Å². The van der Waals surface area contributed by atoms with Crippen LogP contribution in [0.25, 0.3) is 0 Å². The molecule has 0 unspecified atom stereocenters. The predicted octanol–water partition coefficient (Wildman–Crippen LogP) is 3.59. The maximum atomic E-state index is 13.3. The first-order valence-corrected chi connectivity index (χ1v) is 11.4. The largest absolute Gasteiger partial charge is 0.421 e. The van der Waals surface area contributed by atoms with E-state index in [0.29, 0.717) is 11.9 Å². The quantitative estimate of drug-likeness (QED) is 0.335. The molecule has 9 nitrogen and oxygen atoms in total. The number of nitrogens with one attached hydrogen (secondary N) is 4. The summed E-state index contributed by atoms with van der Waals surface area (Å²) in [5, 5.41) is 7.78. The Hall–Kier alpha value is -3.87. The third-order valence-corrected chi connectivity index (χ3v) is 5.71. The van der Waals surface area contributed by atoms with Crippen molar-refractivity contribution in [3.05, 3.63) is 66.4 Å². The fraction of sp³-hybridized carbons (Fsp3) is 0.190. The van der Waals surface area contributed by atoms with E-state index in [1.807, 2.05) is 0 Å². The Morgan fingerprint density at radius 1 is 1.00 bits per heavy atom. The van der Waals surface area contributed by atoms with Crippen molar-refractivity contribution in [2.24, 2.45) is 0 Å². The third kappa shape index (κ3) is 6.81. The Bertz CT molecular complexity index is 1250. The van der Waals surface area contributed by atoms with Gasteiger partial charge in [-0.15, -0.1) is 0 Å². The molecule has 0 aliphatic heterocycles. The van der Waals surface area contributed by atoms with Crippen molar-refractivity contribution in [2.75, 3.05) is 28.4 Å². The first kappa shape index (κ1) is 24.8. The molecule has 3 aromatic rings. The molecule has 0 spiro atoms. The molecule has 1 heterocycles. The Morgan fingerprint density at radius 3 is 2.38 bits per heavy atom. The number of alkyl halides is 3. The first-order valence-electron chi connectivity index (χ1n) is 9.92. The molecule has 1 aromatic heterocycles. The molecule has 0 bridgehead atoms. The van der Waals surface area contributed by atoms with Gasteiger partial charge in [0.25, 0.3) is 10.0 Å². The lowest BCUT2D eigenvalue weighted by molar-refractivity contribution is -0.137. The van der Waals surface area contributed by atoms with Crippen molar-refractivity contribution in [3.8, 4) is 0 Å². The number of carbonyl (C=O) groups excluding carboxylic acids is 1. The van der Waals surface area contributed by atoms with Crippen LogP contribution in [-0.2, 0) is 21.0 Å². The van der Waals surface area contributed by atoms with E-state index in [2.05, 4.69) is 30.6 Å². The molecule has 0 radical (unpaired) electrons. The molecule has 4 N–H and O–H groups in total. The van der Waals surface area contributed by atoms with Crippen LogP contribution in [0.2, 0.25) is 0 Å². The maximum Gasteiger partial charge on any atom is 0.421 e. The van der Waals surface area contributed by atoms with E-state index in [1.165, 1.54) is 31.2 Å². The number of aromatic nitrogens is 2. The van der Waals surface area contributed by atoms with Gasteiger partial charge in [0.2, 0.25) is 11.9 Å². The van der Waals surface area contributed by atoms with Crippen LogP contribution in [0.3, 0.4) is 0 Å². The molecule has 0 saturated carbocycles. The van der Waals surface area contributed by atoms with Crippen molar-refractivity contribution in [1.29, 1.82) is 0 Å². The number of hydrogen-bond donors (Lipinski definition) is 4. The van der Waals surface area contributed by atoms with Gasteiger partial charge in [0, 0.05) is 31.9 Å². The SMILES string of the molecule is CC(=O)NCCNc1nc(Nc2cccc(NS(=O)(=O)c3ccccc3)c2)ncc1C(F)(F)F. The number of anilines is 4. The number of carbonyl (C=O) groups is 1. The number of amides is 1. The van der Waals surface area contributed by atoms with Crippen LogP contribution in [-0.4, -0.2) is 37.4 Å². The zero-order chi connectivity index (χ0) is 24.8. The fourth-order valence-electron chi connectivity index (χ4n) is 2.81. The Balaban J connectivity index is 1.78. The lowest BCUT2D eigenvalue weighted by Gasteiger charge is -2.15. The van der Waals surface area contributed by atoms with Crippen molar-refractivity contribution < 1.29 is 26.4 Å². The van der Waals surface area contributed by atoms with E-state index in [9.17, 15) is 26.4 Å². The molecule has 0 fully saturated rings. The van der Waals surface area contributed by atoms with Crippen molar-refractivity contribution in [2.45, 2.75) is 18.0 Å². The highest BCUT2D eigenvalue weighted by Gasteiger charge is 2.35. The lowest BCUT2D eigenvalue weighted by Crippen LogP contribution is -2.27. The normalized spacial score (nSPS) is 11.5. The standard InChI is InChI=1S/C21H21F3N6O3S/c1-14(31)25-10-11-26-19-18(21(22,23)24)13-27-20(29-19)28-15-6-5-7-16(12-15)30-34(32,33)17-8-3-2-4-9-17/h2-9,12-13,30H,10-11H2,1H3,(H,25,31)(H2,26,27,28,29). The van der Waals surface area contributed by atoms with E-state index >= 15 is 0 Å². The molecule has 180 valence electrons. The predicted molar refractivity (Wildman–Crippen MR) is 121 cm³/mol. The molecular weight excluding hydrogens is 473 g/mol. The zero-order valence-electron chi connectivity index (χ0n) is 17.8. The van der Waals surface area contributed by atoms with Gasteiger partial charge in [-0.2, -0.15) is 18.2 Å². The molecule has 0 aliphatic rings. The highest BCUT2D eigenvalue weighted by atomic mass is 32.2. The molecule has 0 aliphatic carbocycles. The minimum atomic E-state index is -4.69. The van der Waals surface area contributed by atoms with Gasteiger partial charge in [-0.1, -0.05) is 24.3 Å². The van der Waals surface area contributed by atoms with Crippen LogP contribution < -0.4 is 20.7 Å². The summed E-state index contributed by atoms with van der Waals surface area (Å²) in [7, 11) is -3.82. The number of sulfonamides is 1. The van der Waals surface area contributed by atoms with Crippen LogP contribution in [0.4, 0.5) is 36.3 Å². The number of benzene rings is 2. The smallest absolute Gasteiger partial charge is 0.368 e. The Kier molecular flexibility index (Phi) is 7.56. The second-order valence-electron chi connectivity index (χ2n) is 6.99. The second-order valence-corrected chi connectivity index (χ2v) is 8.67. The molecule has 3 rings (SSSR count). The minimum Gasteiger partial charge on any atom is -0.368 e. The monoisotopic (exact) mass is 494 g/mol. The summed E-state index contributed by atoms with van der Waals surface area (Å²) in [5.41, 5.74) is -0.489. The summed E-state index contributed by atoms with van der Waals surface area (Å²) in [6.07, 6.45) is -4.05. The van der Waals surface area contributed by atoms with E-state index in [4.69, 9.17) is 0 Å². The van der Waals surface area contributed by atoms with Gasteiger partial charge in [0.05, 0.1) is 10.6 Å². The van der Waals surface area contributed by atoms with Gasteiger partial charge in [-0.3, -0.25) is 9.52 Å². The summed E-state index contributed by atoms with van der Waals surface area (Å²) >= 11 is 0. The maximum absolute atomic E-state index is 13.3. The van der Waals surface area contributed by atoms with E-state index in [1.54, 1.807) is 30.3 Å². The fourth-order valence-corrected chi connectivity index (χ4v) is 3.88. The second kappa shape index (κ2) is 10.4. The topological polar surface area (TPSA) is 125 Å². The summed E-state index contributed by atoms with van der Waals surface area (Å²) in [5.74, 6) is -0.917. The van der Waals surface area contributed by atoms with Gasteiger partial charge in [-0.25, -0.2) is 13.4 Å². The van der Waals surface area contributed by atoms with Crippen LogP contribution in [0, 0.1) is 0 Å². The van der Waals surface area contributed by atoms with Gasteiger partial charge >= 0.3 is 6.18 Å². The average molecular weight is 494 g/mol. The molecule has 2 aromatic carbocycles. The number of rotatable bonds is 9. The summed E-state index contributed by atoms with van der Waals surface area (Å²) in [4.78, 5) is 18.6.